The third kappa shape index (κ3) is 2.00. The molecule has 0 fully saturated rings. The fraction of sp³-hybridized carbons (Fsp3) is 0.0385. The summed E-state index contributed by atoms with van der Waals surface area (Å²) in [6.07, 6.45) is 0. The second-order valence-electron chi connectivity index (χ2n) is 7.41. The molecule has 1 spiro atoms. The Morgan fingerprint density at radius 1 is 0.690 bits per heavy atom. The molecule has 4 aromatic rings. The average Bonchev–Trinajstić information content (AvgIpc) is 3.03. The van der Waals surface area contributed by atoms with Crippen molar-refractivity contribution >= 4 is 11.6 Å². The number of hydrogen-bond acceptors (Lipinski definition) is 2. The summed E-state index contributed by atoms with van der Waals surface area (Å²) in [5, 5.41) is 10.3. The topological polar surface area (TPSA) is 33.0 Å². The smallest absolute Gasteiger partial charge is 0.132 e. The molecular weight excluding hydrogens is 378 g/mol. The van der Waals surface area contributed by atoms with Gasteiger partial charge in [0.1, 0.15) is 11.5 Å². The molecule has 136 valence electrons. The second kappa shape index (κ2) is 5.73. The van der Waals surface area contributed by atoms with E-state index in [0.717, 1.165) is 44.9 Å². The van der Waals surface area contributed by atoms with Crippen LogP contribution in [0.2, 0.25) is 5.02 Å². The highest BCUT2D eigenvalue weighted by Gasteiger charge is 2.51. The molecule has 2 nitrogen and oxygen atoms in total. The molecule has 6 rings (SSSR count). The van der Waals surface area contributed by atoms with Crippen LogP contribution in [0, 0.1) is 11.3 Å². The van der Waals surface area contributed by atoms with Crippen LogP contribution < -0.4 is 4.74 Å². The molecule has 0 bridgehead atoms. The van der Waals surface area contributed by atoms with Crippen molar-refractivity contribution in [2.45, 2.75) is 5.41 Å². The van der Waals surface area contributed by atoms with Gasteiger partial charge in [0.25, 0.3) is 0 Å². The van der Waals surface area contributed by atoms with Crippen LogP contribution in [-0.2, 0) is 5.41 Å². The van der Waals surface area contributed by atoms with Gasteiger partial charge in [-0.3, -0.25) is 0 Å². The van der Waals surface area contributed by atoms with Crippen LogP contribution in [0.3, 0.4) is 0 Å². The number of rotatable bonds is 0. The predicted octanol–water partition coefficient (Wildman–Crippen LogP) is 6.68. The molecule has 0 atom stereocenters. The molecule has 0 aromatic heterocycles. The average molecular weight is 392 g/mol. The SMILES string of the molecule is N#Cc1ccc2c(c1)C1(c3ccccc3Oc3ccccc31)c1cc(Cl)ccc1-2. The first-order chi connectivity index (χ1) is 14.2. The van der Waals surface area contributed by atoms with E-state index in [1.165, 1.54) is 0 Å². The summed E-state index contributed by atoms with van der Waals surface area (Å²) in [5.74, 6) is 1.65. The molecule has 0 unspecified atom stereocenters. The largest absolute Gasteiger partial charge is 0.457 e. The maximum Gasteiger partial charge on any atom is 0.132 e. The Bertz CT molecular complexity index is 1320. The fourth-order valence-corrected chi connectivity index (χ4v) is 5.11. The molecule has 0 radical (unpaired) electrons. The Morgan fingerprint density at radius 2 is 1.28 bits per heavy atom. The van der Waals surface area contributed by atoms with Crippen LogP contribution in [0.1, 0.15) is 27.8 Å². The molecule has 1 heterocycles. The van der Waals surface area contributed by atoms with Gasteiger partial charge < -0.3 is 4.74 Å². The molecule has 0 saturated carbocycles. The van der Waals surface area contributed by atoms with E-state index in [-0.39, 0.29) is 0 Å². The fourth-order valence-electron chi connectivity index (χ4n) is 4.94. The summed E-state index contributed by atoms with van der Waals surface area (Å²) >= 11 is 6.50. The molecule has 29 heavy (non-hydrogen) atoms. The highest BCUT2D eigenvalue weighted by atomic mass is 35.5. The molecule has 0 amide bonds. The van der Waals surface area contributed by atoms with Crippen molar-refractivity contribution in [2.24, 2.45) is 0 Å². The summed E-state index contributed by atoms with van der Waals surface area (Å²) in [5.41, 5.74) is 6.68. The number of hydrogen-bond donors (Lipinski definition) is 0. The zero-order valence-corrected chi connectivity index (χ0v) is 16.1. The van der Waals surface area contributed by atoms with Crippen LogP contribution in [0.15, 0.2) is 84.9 Å². The monoisotopic (exact) mass is 391 g/mol. The van der Waals surface area contributed by atoms with E-state index in [4.69, 9.17) is 16.3 Å². The van der Waals surface area contributed by atoms with Gasteiger partial charge in [0.15, 0.2) is 0 Å². The van der Waals surface area contributed by atoms with Crippen molar-refractivity contribution in [3.63, 3.8) is 0 Å². The van der Waals surface area contributed by atoms with Gasteiger partial charge in [-0.05, 0) is 58.7 Å². The van der Waals surface area contributed by atoms with Crippen molar-refractivity contribution in [1.82, 2.24) is 0 Å². The Morgan fingerprint density at radius 3 is 1.93 bits per heavy atom. The summed E-state index contributed by atoms with van der Waals surface area (Å²) in [6.45, 7) is 0. The zero-order valence-electron chi connectivity index (χ0n) is 15.3. The van der Waals surface area contributed by atoms with Gasteiger partial charge >= 0.3 is 0 Å². The van der Waals surface area contributed by atoms with Crippen LogP contribution in [0.5, 0.6) is 11.5 Å². The van der Waals surface area contributed by atoms with Gasteiger partial charge in [-0.25, -0.2) is 0 Å². The first kappa shape index (κ1) is 16.4. The van der Waals surface area contributed by atoms with Crippen molar-refractivity contribution in [1.29, 1.82) is 5.26 Å². The number of fused-ring (bicyclic) bond motifs is 9. The molecule has 0 saturated heterocycles. The normalized spacial score (nSPS) is 14.2. The predicted molar refractivity (Wildman–Crippen MR) is 114 cm³/mol. The second-order valence-corrected chi connectivity index (χ2v) is 7.84. The summed E-state index contributed by atoms with van der Waals surface area (Å²) in [6, 6.07) is 30.6. The number of para-hydroxylation sites is 2. The van der Waals surface area contributed by atoms with E-state index in [2.05, 4.69) is 36.4 Å². The van der Waals surface area contributed by atoms with Crippen LogP contribution in [0.4, 0.5) is 0 Å². The first-order valence-electron chi connectivity index (χ1n) is 9.45. The van der Waals surface area contributed by atoms with Crippen molar-refractivity contribution < 1.29 is 4.74 Å². The number of ether oxygens (including phenoxy) is 1. The van der Waals surface area contributed by atoms with Crippen LogP contribution in [-0.4, -0.2) is 0 Å². The number of halogens is 1. The maximum atomic E-state index is 9.61. The van der Waals surface area contributed by atoms with Crippen LogP contribution in [0.25, 0.3) is 11.1 Å². The minimum Gasteiger partial charge on any atom is -0.457 e. The van der Waals surface area contributed by atoms with E-state index in [1.54, 1.807) is 0 Å². The lowest BCUT2D eigenvalue weighted by Gasteiger charge is -2.39. The van der Waals surface area contributed by atoms with Gasteiger partial charge in [0, 0.05) is 16.1 Å². The quantitative estimate of drug-likeness (QED) is 0.289. The molecule has 2 aliphatic rings. The molecular formula is C26H14ClNO. The van der Waals surface area contributed by atoms with E-state index in [0.29, 0.717) is 10.6 Å². The minimum absolute atomic E-state index is 0.576. The third-order valence-electron chi connectivity index (χ3n) is 6.03. The lowest BCUT2D eigenvalue weighted by atomic mass is 9.66. The Balaban J connectivity index is 1.86. The van der Waals surface area contributed by atoms with E-state index in [1.807, 2.05) is 54.6 Å². The lowest BCUT2D eigenvalue weighted by molar-refractivity contribution is 0.436. The number of nitrogens with zero attached hydrogens (tertiary/aromatic N) is 1. The van der Waals surface area contributed by atoms with Crippen molar-refractivity contribution in [2.75, 3.05) is 0 Å². The number of nitriles is 1. The lowest BCUT2D eigenvalue weighted by Crippen LogP contribution is -2.32. The maximum absolute atomic E-state index is 9.61. The first-order valence-corrected chi connectivity index (χ1v) is 9.83. The van der Waals surface area contributed by atoms with Gasteiger partial charge in [0.05, 0.1) is 17.0 Å². The molecule has 4 aromatic carbocycles. The summed E-state index contributed by atoms with van der Waals surface area (Å²) in [7, 11) is 0. The van der Waals surface area contributed by atoms with Gasteiger partial charge in [0.2, 0.25) is 0 Å². The highest BCUT2D eigenvalue weighted by Crippen LogP contribution is 2.62. The Kier molecular flexibility index (Phi) is 3.25. The standard InChI is InChI=1S/C26H14ClNO/c27-17-10-12-19-18-11-9-16(15-28)13-22(18)26(23(19)14-17)20-5-1-3-7-24(20)29-25-8-4-2-6-21(25)26/h1-14H. The van der Waals surface area contributed by atoms with Crippen molar-refractivity contribution in [3.8, 4) is 28.7 Å². The van der Waals surface area contributed by atoms with Gasteiger partial charge in [-0.2, -0.15) is 5.26 Å². The molecule has 0 N–H and O–H groups in total. The Labute approximate surface area is 173 Å². The molecule has 1 aliphatic heterocycles. The van der Waals surface area contributed by atoms with Gasteiger partial charge in [-0.15, -0.1) is 0 Å². The molecule has 3 heteroatoms. The van der Waals surface area contributed by atoms with E-state index >= 15 is 0 Å². The minimum atomic E-state index is -0.576. The summed E-state index contributed by atoms with van der Waals surface area (Å²) in [4.78, 5) is 0. The van der Waals surface area contributed by atoms with E-state index < -0.39 is 5.41 Å². The molecule has 1 aliphatic carbocycles. The van der Waals surface area contributed by atoms with Gasteiger partial charge in [-0.1, -0.05) is 60.1 Å². The number of benzene rings is 4. The summed E-state index contributed by atoms with van der Waals surface area (Å²) < 4.78 is 6.28. The van der Waals surface area contributed by atoms with Crippen LogP contribution >= 0.6 is 11.6 Å². The highest BCUT2D eigenvalue weighted by molar-refractivity contribution is 6.30. The van der Waals surface area contributed by atoms with E-state index in [9.17, 15) is 5.26 Å². The third-order valence-corrected chi connectivity index (χ3v) is 6.27. The van der Waals surface area contributed by atoms with Crippen molar-refractivity contribution in [3.05, 3.63) is 118 Å². The zero-order chi connectivity index (χ0) is 19.6. The Hall–Kier alpha value is -3.54.